The van der Waals surface area contributed by atoms with E-state index in [4.69, 9.17) is 9.15 Å². The van der Waals surface area contributed by atoms with E-state index in [2.05, 4.69) is 47.5 Å². The summed E-state index contributed by atoms with van der Waals surface area (Å²) in [5.74, 6) is 0.691. The average Bonchev–Trinajstić information content (AvgIpc) is 3.51. The summed E-state index contributed by atoms with van der Waals surface area (Å²) in [6.07, 6.45) is 13.9. The van der Waals surface area contributed by atoms with Crippen LogP contribution in [0.5, 0.6) is 0 Å². The summed E-state index contributed by atoms with van der Waals surface area (Å²) in [6, 6.07) is -1.77. The topological polar surface area (TPSA) is 167 Å². The Morgan fingerprint density at radius 2 is 1.48 bits per heavy atom. The number of aromatic nitrogens is 2. The van der Waals surface area contributed by atoms with Gasteiger partial charge in [0.25, 0.3) is 0 Å². The highest BCUT2D eigenvalue weighted by molar-refractivity contribution is 7.80. The Morgan fingerprint density at radius 1 is 0.960 bits per heavy atom. The first kappa shape index (κ1) is 40.3. The lowest BCUT2D eigenvalue weighted by atomic mass is 9.80. The zero-order valence-electron chi connectivity index (χ0n) is 31.4. The number of quaternary nitrogens is 1. The van der Waals surface area contributed by atoms with Crippen molar-refractivity contribution in [1.82, 2.24) is 25.5 Å². The van der Waals surface area contributed by atoms with Crippen LogP contribution in [0.4, 0.5) is 9.59 Å². The number of urea groups is 1. The quantitative estimate of drug-likeness (QED) is 0.105. The van der Waals surface area contributed by atoms with Gasteiger partial charge in [0.1, 0.15) is 11.6 Å². The number of fused-ring (bicyclic) bond motifs is 3. The van der Waals surface area contributed by atoms with Crippen molar-refractivity contribution >= 4 is 22.5 Å². The summed E-state index contributed by atoms with van der Waals surface area (Å²) in [5.41, 5.74) is -0.899. The molecular formula is C35H62N6O8S. The molecule has 0 unspecified atom stereocenters. The largest absolute Gasteiger partial charge is 0.724 e. The molecule has 2 aliphatic heterocycles. The molecule has 2 aliphatic carbocycles. The van der Waals surface area contributed by atoms with Gasteiger partial charge in [-0.15, -0.1) is 10.2 Å². The molecular weight excluding hydrogens is 664 g/mol. The summed E-state index contributed by atoms with van der Waals surface area (Å²) < 4.78 is 50.4. The lowest BCUT2D eigenvalue weighted by molar-refractivity contribution is -0.929. The van der Waals surface area contributed by atoms with Crippen LogP contribution >= 0.6 is 0 Å². The van der Waals surface area contributed by atoms with Gasteiger partial charge in [-0.25, -0.2) is 18.0 Å². The third kappa shape index (κ3) is 10.5. The third-order valence-corrected chi connectivity index (χ3v) is 11.1. The van der Waals surface area contributed by atoms with Gasteiger partial charge >= 0.3 is 12.1 Å². The van der Waals surface area contributed by atoms with Gasteiger partial charge in [0.15, 0.2) is 0 Å². The molecule has 3 amide bonds. The number of alkyl carbamates (subject to hydrolysis) is 1. The number of carbonyl (C=O) groups excluding carboxylic acids is 2. The molecule has 4 aliphatic rings. The molecule has 1 aromatic rings. The smallest absolute Gasteiger partial charge is 0.407 e. The molecule has 2 bridgehead atoms. The van der Waals surface area contributed by atoms with Crippen molar-refractivity contribution in [2.24, 2.45) is 5.41 Å². The predicted octanol–water partition coefficient (Wildman–Crippen LogP) is 6.57. The summed E-state index contributed by atoms with van der Waals surface area (Å²) in [4.78, 5) is 26.1. The van der Waals surface area contributed by atoms with Gasteiger partial charge in [0.2, 0.25) is 22.2 Å². The minimum Gasteiger partial charge on any atom is -0.724 e. The van der Waals surface area contributed by atoms with Crippen molar-refractivity contribution < 1.29 is 40.5 Å². The number of hydrogen-bond acceptors (Lipinski definition) is 10. The Bertz CT molecular complexity index is 1330. The summed E-state index contributed by atoms with van der Waals surface area (Å²) in [5, 5.41) is 11.8. The zero-order valence-corrected chi connectivity index (χ0v) is 32.3. The van der Waals surface area contributed by atoms with Crippen molar-refractivity contribution in [2.45, 2.75) is 162 Å². The molecule has 1 N–H and O–H groups in total. The van der Waals surface area contributed by atoms with Crippen molar-refractivity contribution in [3.63, 3.8) is 0 Å². The Hall–Kier alpha value is -2.49. The van der Waals surface area contributed by atoms with Crippen LogP contribution in [-0.2, 0) is 19.4 Å². The number of hydroxylamine groups is 2. The van der Waals surface area contributed by atoms with Crippen molar-refractivity contribution in [3.8, 4) is 0 Å². The molecule has 2 saturated heterocycles. The Morgan fingerprint density at radius 3 is 1.94 bits per heavy atom. The third-order valence-electron chi connectivity index (χ3n) is 10.7. The van der Waals surface area contributed by atoms with Crippen LogP contribution < -0.4 is 5.32 Å². The lowest BCUT2D eigenvalue weighted by Crippen LogP contribution is -2.50. The molecule has 0 aromatic carbocycles. The minimum atomic E-state index is -5.07. The van der Waals surface area contributed by atoms with E-state index in [1.54, 1.807) is 20.8 Å². The van der Waals surface area contributed by atoms with E-state index in [-0.39, 0.29) is 29.8 Å². The van der Waals surface area contributed by atoms with E-state index in [1.807, 2.05) is 0 Å². The van der Waals surface area contributed by atoms with Gasteiger partial charge in [0, 0.05) is 18.5 Å². The zero-order chi connectivity index (χ0) is 36.7. The van der Waals surface area contributed by atoms with Crippen LogP contribution in [0.25, 0.3) is 0 Å². The van der Waals surface area contributed by atoms with E-state index in [9.17, 15) is 22.6 Å². The van der Waals surface area contributed by atoms with Crippen LogP contribution in [0.2, 0.25) is 0 Å². The molecule has 1 aromatic heterocycles. The van der Waals surface area contributed by atoms with Crippen molar-refractivity contribution in [1.29, 1.82) is 0 Å². The van der Waals surface area contributed by atoms with Crippen LogP contribution in [0.3, 0.4) is 0 Å². The number of hydrogen-bond donors (Lipinski definition) is 1. The highest BCUT2D eigenvalue weighted by Crippen LogP contribution is 2.62. The fraction of sp³-hybridized carbons (Fsp3) is 0.886. The molecule has 4 fully saturated rings. The highest BCUT2D eigenvalue weighted by atomic mass is 32.3. The maximum absolute atomic E-state index is 12.8. The van der Waals surface area contributed by atoms with Gasteiger partial charge in [-0.2, -0.15) is 9.35 Å². The number of amides is 3. The number of piperidine rings is 1. The molecule has 1 spiro atoms. The van der Waals surface area contributed by atoms with Crippen LogP contribution in [0.1, 0.15) is 156 Å². The van der Waals surface area contributed by atoms with Gasteiger partial charge in [0.05, 0.1) is 32.2 Å². The molecule has 2 saturated carbocycles. The average molecular weight is 727 g/mol. The maximum atomic E-state index is 12.8. The lowest BCUT2D eigenvalue weighted by Gasteiger charge is -2.39. The van der Waals surface area contributed by atoms with E-state index < -0.39 is 40.2 Å². The molecule has 14 nitrogen and oxygen atoms in total. The fourth-order valence-corrected chi connectivity index (χ4v) is 8.00. The molecule has 15 heteroatoms. The van der Waals surface area contributed by atoms with Crippen LogP contribution in [-0.4, -0.2) is 100 Å². The number of carbonyl (C=O) groups is 2. The normalized spacial score (nSPS) is 24.1. The number of nitrogens with one attached hydrogen (secondary N) is 1. The molecule has 50 heavy (non-hydrogen) atoms. The first-order chi connectivity index (χ1) is 23.6. The second-order valence-electron chi connectivity index (χ2n) is 16.0. The monoisotopic (exact) mass is 726 g/mol. The Kier molecular flexibility index (Phi) is 13.6. The molecule has 0 radical (unpaired) electrons. The van der Waals surface area contributed by atoms with Gasteiger partial charge in [-0.05, 0) is 84.0 Å². The second-order valence-corrected chi connectivity index (χ2v) is 16.9. The van der Waals surface area contributed by atoms with Crippen molar-refractivity contribution in [2.75, 3.05) is 32.7 Å². The Balaban J connectivity index is 0.000000282. The predicted molar refractivity (Wildman–Crippen MR) is 186 cm³/mol. The summed E-state index contributed by atoms with van der Waals surface area (Å²) in [7, 11) is -5.07. The van der Waals surface area contributed by atoms with Crippen LogP contribution in [0, 0.1) is 5.41 Å². The standard InChI is InChI=1S/C19H27N5O8S.C16H36N/c1-18(2,3)31-16(25)20-11-6-10(7-11)14-21-22-15(30-14)12-8-19(4-5-19)13-9-23(12)17(26)24(13)32-33(27,28)29;1-5-9-13-17(14-10-6-2,15-11-7-3)16-12-8-4/h10-13H,4-9H2,1-3H3,(H,20,25)(H,27,28,29);5-16H2,1-4H3/q;+1/p-1/t10?,11?,12-,13-;/m0./s1. The van der Waals surface area contributed by atoms with Gasteiger partial charge < -0.3 is 28.4 Å². The second kappa shape index (κ2) is 16.9. The van der Waals surface area contributed by atoms with Crippen molar-refractivity contribution in [3.05, 3.63) is 11.8 Å². The number of rotatable bonds is 17. The number of unbranched alkanes of at least 4 members (excludes halogenated alkanes) is 4. The van der Waals surface area contributed by atoms with E-state index >= 15 is 0 Å². The van der Waals surface area contributed by atoms with Gasteiger partial charge in [-0.1, -0.05) is 53.4 Å². The number of nitrogens with zero attached hydrogens (tertiary/aromatic N) is 5. The first-order valence-corrected chi connectivity index (χ1v) is 20.3. The van der Waals surface area contributed by atoms with E-state index in [0.29, 0.717) is 30.2 Å². The van der Waals surface area contributed by atoms with Gasteiger partial charge in [-0.3, -0.25) is 0 Å². The summed E-state index contributed by atoms with van der Waals surface area (Å²) in [6.45, 7) is 20.6. The van der Waals surface area contributed by atoms with E-state index in [0.717, 1.165) is 12.8 Å². The first-order valence-electron chi connectivity index (χ1n) is 19.0. The van der Waals surface area contributed by atoms with Crippen LogP contribution in [0.15, 0.2) is 4.42 Å². The maximum Gasteiger partial charge on any atom is 0.407 e. The Labute approximate surface area is 299 Å². The molecule has 286 valence electrons. The fourth-order valence-electron chi connectivity index (χ4n) is 7.64. The highest BCUT2D eigenvalue weighted by Gasteiger charge is 2.64. The SMILES string of the molecule is CC(C)(C)OC(=O)NC1CC(c2nnc([C@@H]3CC4(CC4)[C@@H]4CN3C(=O)N4OS(=O)(=O)[O-])o2)C1.CCCC[N+](CCCC)(CCCC)CCCC. The molecule has 3 heterocycles. The molecule has 2 atom stereocenters. The molecule has 5 rings (SSSR count). The van der Waals surface area contributed by atoms with E-state index in [1.165, 1.54) is 86.9 Å². The number of ether oxygens (including phenoxy) is 1. The summed E-state index contributed by atoms with van der Waals surface area (Å²) >= 11 is 0. The minimum absolute atomic E-state index is 0.0165.